The summed E-state index contributed by atoms with van der Waals surface area (Å²) < 4.78 is 22.0. The number of benzene rings is 1. The molecule has 3 heterocycles. The Labute approximate surface area is 224 Å². The fourth-order valence-electron chi connectivity index (χ4n) is 4.61. The van der Waals surface area contributed by atoms with E-state index in [1.807, 2.05) is 10.9 Å². The van der Waals surface area contributed by atoms with Crippen molar-refractivity contribution in [3.8, 4) is 16.9 Å². The fraction of sp³-hybridized carbons (Fsp3) is 0.423. The zero-order valence-electron chi connectivity index (χ0n) is 20.5. The van der Waals surface area contributed by atoms with Crippen LogP contribution < -0.4 is 15.8 Å². The van der Waals surface area contributed by atoms with Gasteiger partial charge < -0.3 is 15.8 Å². The average Bonchev–Trinajstić information content (AvgIpc) is 3.54. The van der Waals surface area contributed by atoms with E-state index in [-0.39, 0.29) is 22.8 Å². The number of piperidine rings is 1. The Morgan fingerprint density at radius 1 is 1.22 bits per heavy atom. The zero-order valence-corrected chi connectivity index (χ0v) is 22.0. The summed E-state index contributed by atoms with van der Waals surface area (Å²) in [5.41, 5.74) is 8.07. The van der Waals surface area contributed by atoms with Crippen LogP contribution in [-0.2, 0) is 4.79 Å². The molecule has 5 rings (SSSR count). The SMILES string of the molecule is CC(Oc1cc(-c2cnn(C3CCN(CC(=O)NC4CC4)CC3)c2)cnc1N)c1c(Cl)ccc(F)c1Cl. The molecule has 11 heteroatoms. The van der Waals surface area contributed by atoms with Crippen LogP contribution in [0.4, 0.5) is 10.2 Å². The molecule has 1 aliphatic heterocycles. The number of pyridine rings is 1. The van der Waals surface area contributed by atoms with E-state index >= 15 is 0 Å². The van der Waals surface area contributed by atoms with Crippen LogP contribution in [0.2, 0.25) is 10.0 Å². The molecule has 2 aliphatic rings. The van der Waals surface area contributed by atoms with E-state index in [9.17, 15) is 9.18 Å². The summed E-state index contributed by atoms with van der Waals surface area (Å²) in [5.74, 6) is 0.0836. The Morgan fingerprint density at radius 2 is 1.97 bits per heavy atom. The normalized spacial score (nSPS) is 17.5. The molecule has 1 atom stereocenters. The number of nitrogens with two attached hydrogens (primary N) is 1. The van der Waals surface area contributed by atoms with Gasteiger partial charge >= 0.3 is 0 Å². The van der Waals surface area contributed by atoms with Crippen LogP contribution in [0.25, 0.3) is 11.1 Å². The van der Waals surface area contributed by atoms with E-state index in [0.29, 0.717) is 28.9 Å². The van der Waals surface area contributed by atoms with Gasteiger partial charge in [0.25, 0.3) is 0 Å². The van der Waals surface area contributed by atoms with Crippen molar-refractivity contribution >= 4 is 34.9 Å². The van der Waals surface area contributed by atoms with Crippen LogP contribution >= 0.6 is 23.2 Å². The summed E-state index contributed by atoms with van der Waals surface area (Å²) in [6, 6.07) is 5.08. The van der Waals surface area contributed by atoms with Gasteiger partial charge in [0, 0.05) is 53.2 Å². The number of carbonyl (C=O) groups is 1. The standard InChI is InChI=1S/C26H29Cl2FN6O2/c1-15(24-20(27)4-5-21(29)25(24)28)37-22-10-16(11-31-26(22)30)17-12-32-35(13-17)19-6-8-34(9-7-19)14-23(36)33-18-2-3-18/h4-5,10-13,15,18-19H,2-3,6-9,14H2,1H3,(H2,30,31)(H,33,36). The number of nitrogens with zero attached hydrogens (tertiary/aromatic N) is 4. The quantitative estimate of drug-likeness (QED) is 0.384. The summed E-state index contributed by atoms with van der Waals surface area (Å²) in [4.78, 5) is 18.6. The summed E-state index contributed by atoms with van der Waals surface area (Å²) in [7, 11) is 0. The topological polar surface area (TPSA) is 98.3 Å². The lowest BCUT2D eigenvalue weighted by molar-refractivity contribution is -0.122. The van der Waals surface area contributed by atoms with Gasteiger partial charge in [-0.2, -0.15) is 5.10 Å². The van der Waals surface area contributed by atoms with Crippen molar-refractivity contribution in [1.29, 1.82) is 0 Å². The van der Waals surface area contributed by atoms with Gasteiger partial charge in [0.05, 0.1) is 23.8 Å². The molecule has 196 valence electrons. The summed E-state index contributed by atoms with van der Waals surface area (Å²) in [6.07, 6.45) is 8.81. The molecule has 3 aromatic rings. The van der Waals surface area contributed by atoms with Gasteiger partial charge in [-0.05, 0) is 50.8 Å². The number of hydrogen-bond donors (Lipinski definition) is 2. The third-order valence-corrected chi connectivity index (χ3v) is 7.56. The minimum absolute atomic E-state index is 0.0847. The molecular weight excluding hydrogens is 518 g/mol. The first kappa shape index (κ1) is 25.8. The first-order valence-electron chi connectivity index (χ1n) is 12.4. The number of anilines is 1. The molecule has 1 aliphatic carbocycles. The molecule has 0 spiro atoms. The van der Waals surface area contributed by atoms with E-state index < -0.39 is 11.9 Å². The van der Waals surface area contributed by atoms with Gasteiger partial charge in [0.2, 0.25) is 5.91 Å². The molecule has 37 heavy (non-hydrogen) atoms. The van der Waals surface area contributed by atoms with Crippen LogP contribution in [-0.4, -0.2) is 51.2 Å². The Morgan fingerprint density at radius 3 is 2.70 bits per heavy atom. The Kier molecular flexibility index (Phi) is 7.55. The first-order chi connectivity index (χ1) is 17.8. The van der Waals surface area contributed by atoms with Crippen molar-refractivity contribution in [3.05, 3.63) is 58.2 Å². The molecule has 2 fully saturated rings. The number of likely N-dealkylation sites (tertiary alicyclic amines) is 1. The van der Waals surface area contributed by atoms with Crippen molar-refractivity contribution in [2.45, 2.75) is 50.8 Å². The van der Waals surface area contributed by atoms with Crippen molar-refractivity contribution in [2.75, 3.05) is 25.4 Å². The summed E-state index contributed by atoms with van der Waals surface area (Å²) in [6.45, 7) is 3.88. The maximum absolute atomic E-state index is 14.0. The third kappa shape index (κ3) is 6.00. The van der Waals surface area contributed by atoms with E-state index in [4.69, 9.17) is 33.7 Å². The van der Waals surface area contributed by atoms with Gasteiger partial charge in [-0.3, -0.25) is 14.4 Å². The number of nitrogens with one attached hydrogen (secondary N) is 1. The molecule has 0 radical (unpaired) electrons. The number of amides is 1. The van der Waals surface area contributed by atoms with Crippen molar-refractivity contribution in [1.82, 2.24) is 25.0 Å². The summed E-state index contributed by atoms with van der Waals surface area (Å²) >= 11 is 12.4. The number of aromatic nitrogens is 3. The lowest BCUT2D eigenvalue weighted by Crippen LogP contribution is -2.42. The largest absolute Gasteiger partial charge is 0.482 e. The number of rotatable bonds is 8. The molecule has 1 saturated heterocycles. The van der Waals surface area contributed by atoms with Gasteiger partial charge in [-0.15, -0.1) is 0 Å². The van der Waals surface area contributed by atoms with Crippen molar-refractivity contribution < 1.29 is 13.9 Å². The van der Waals surface area contributed by atoms with Gasteiger partial charge in [-0.25, -0.2) is 9.37 Å². The molecule has 1 aromatic carbocycles. The Bertz CT molecular complexity index is 1290. The first-order valence-corrected chi connectivity index (χ1v) is 13.2. The molecule has 3 N–H and O–H groups in total. The maximum Gasteiger partial charge on any atom is 0.234 e. The number of halogens is 3. The number of nitrogen functional groups attached to an aromatic ring is 1. The highest BCUT2D eigenvalue weighted by molar-refractivity contribution is 6.36. The number of ether oxygens (including phenoxy) is 1. The van der Waals surface area contributed by atoms with Crippen LogP contribution in [0.5, 0.6) is 5.75 Å². The smallest absolute Gasteiger partial charge is 0.234 e. The van der Waals surface area contributed by atoms with Crippen LogP contribution in [0.1, 0.15) is 50.3 Å². The predicted molar refractivity (Wildman–Crippen MR) is 141 cm³/mol. The summed E-state index contributed by atoms with van der Waals surface area (Å²) in [5, 5.41) is 7.85. The highest BCUT2D eigenvalue weighted by atomic mass is 35.5. The molecule has 1 saturated carbocycles. The van der Waals surface area contributed by atoms with E-state index in [0.717, 1.165) is 49.9 Å². The highest BCUT2D eigenvalue weighted by Gasteiger charge is 2.27. The molecule has 1 unspecified atom stereocenters. The monoisotopic (exact) mass is 546 g/mol. The second-order valence-electron chi connectivity index (χ2n) is 9.68. The van der Waals surface area contributed by atoms with Crippen LogP contribution in [0.3, 0.4) is 0 Å². The molecule has 8 nitrogen and oxygen atoms in total. The molecule has 1 amide bonds. The lowest BCUT2D eigenvalue weighted by atomic mass is 10.1. The maximum atomic E-state index is 14.0. The van der Waals surface area contributed by atoms with E-state index in [1.165, 1.54) is 12.1 Å². The van der Waals surface area contributed by atoms with Gasteiger partial charge in [0.15, 0.2) is 11.6 Å². The van der Waals surface area contributed by atoms with Crippen LogP contribution in [0, 0.1) is 5.82 Å². The third-order valence-electron chi connectivity index (χ3n) is 6.85. The predicted octanol–water partition coefficient (Wildman–Crippen LogP) is 5.03. The van der Waals surface area contributed by atoms with Gasteiger partial charge in [-0.1, -0.05) is 23.2 Å². The van der Waals surface area contributed by atoms with Crippen LogP contribution in [0.15, 0.2) is 36.8 Å². The number of hydrogen-bond acceptors (Lipinski definition) is 6. The van der Waals surface area contributed by atoms with Gasteiger partial charge in [0.1, 0.15) is 11.9 Å². The average molecular weight is 547 g/mol. The fourth-order valence-corrected chi connectivity index (χ4v) is 5.28. The molecule has 0 bridgehead atoms. The molecule has 2 aromatic heterocycles. The van der Waals surface area contributed by atoms with Crippen molar-refractivity contribution in [3.63, 3.8) is 0 Å². The lowest BCUT2D eigenvalue weighted by Gasteiger charge is -2.31. The number of carbonyl (C=O) groups excluding carboxylic acids is 1. The highest BCUT2D eigenvalue weighted by Crippen LogP contribution is 2.37. The second kappa shape index (κ2) is 10.8. The van der Waals surface area contributed by atoms with E-state index in [1.54, 1.807) is 25.4 Å². The minimum Gasteiger partial charge on any atom is -0.482 e. The second-order valence-corrected chi connectivity index (χ2v) is 10.5. The molecular formula is C26H29Cl2FN6O2. The zero-order chi connectivity index (χ0) is 26.1. The minimum atomic E-state index is -0.658. The Balaban J connectivity index is 1.24. The Hall–Kier alpha value is -2.88. The van der Waals surface area contributed by atoms with Crippen molar-refractivity contribution in [2.24, 2.45) is 0 Å². The van der Waals surface area contributed by atoms with E-state index in [2.05, 4.69) is 20.3 Å².